The lowest BCUT2D eigenvalue weighted by atomic mass is 10.2. The Morgan fingerprint density at radius 2 is 2.19 bits per heavy atom. The molecule has 0 aliphatic rings. The van der Waals surface area contributed by atoms with Gasteiger partial charge in [0, 0.05) is 35.1 Å². The third-order valence-electron chi connectivity index (χ3n) is 2.58. The van der Waals surface area contributed by atoms with E-state index in [1.165, 1.54) is 10.9 Å². The van der Waals surface area contributed by atoms with Gasteiger partial charge in [0.05, 0.1) is 0 Å². The van der Waals surface area contributed by atoms with Gasteiger partial charge in [0.2, 0.25) is 0 Å². The van der Waals surface area contributed by atoms with Crippen molar-refractivity contribution >= 4 is 28.1 Å². The highest BCUT2D eigenvalue weighted by Crippen LogP contribution is 2.31. The second kappa shape index (κ2) is 3.64. The highest BCUT2D eigenvalue weighted by molar-refractivity contribution is 7.13. The van der Waals surface area contributed by atoms with E-state index in [0.29, 0.717) is 0 Å². The summed E-state index contributed by atoms with van der Waals surface area (Å²) < 4.78 is 0. The molecule has 0 saturated carbocycles. The molecule has 0 unspecified atom stereocenters. The SMILES string of the molecule is CNc1csc(-c2c[nH]c3ccccc23)n1. The maximum absolute atomic E-state index is 4.51. The summed E-state index contributed by atoms with van der Waals surface area (Å²) in [7, 11) is 1.88. The molecule has 1 aromatic carbocycles. The predicted octanol–water partition coefficient (Wildman–Crippen LogP) is 3.33. The molecular weight excluding hydrogens is 218 g/mol. The first-order valence-electron chi connectivity index (χ1n) is 5.08. The van der Waals surface area contributed by atoms with E-state index >= 15 is 0 Å². The molecule has 3 aromatic rings. The van der Waals surface area contributed by atoms with Crippen LogP contribution in [0.5, 0.6) is 0 Å². The fourth-order valence-electron chi connectivity index (χ4n) is 1.76. The number of hydrogen-bond donors (Lipinski definition) is 2. The molecule has 80 valence electrons. The van der Waals surface area contributed by atoms with Crippen molar-refractivity contribution < 1.29 is 0 Å². The smallest absolute Gasteiger partial charge is 0.137 e. The fourth-order valence-corrected chi connectivity index (χ4v) is 2.60. The summed E-state index contributed by atoms with van der Waals surface area (Å²) in [5.41, 5.74) is 2.32. The number of anilines is 1. The second-order valence-electron chi connectivity index (χ2n) is 3.54. The highest BCUT2D eigenvalue weighted by Gasteiger charge is 2.08. The number of nitrogens with one attached hydrogen (secondary N) is 2. The number of aromatic nitrogens is 2. The van der Waals surface area contributed by atoms with Crippen molar-refractivity contribution in [3.05, 3.63) is 35.8 Å². The van der Waals surface area contributed by atoms with Gasteiger partial charge in [0.15, 0.2) is 0 Å². The van der Waals surface area contributed by atoms with Gasteiger partial charge in [-0.25, -0.2) is 4.98 Å². The zero-order valence-electron chi connectivity index (χ0n) is 8.82. The van der Waals surface area contributed by atoms with Crippen LogP contribution in [-0.2, 0) is 0 Å². The largest absolute Gasteiger partial charge is 0.372 e. The zero-order valence-corrected chi connectivity index (χ0v) is 9.64. The Morgan fingerprint density at radius 3 is 3.00 bits per heavy atom. The number of benzene rings is 1. The second-order valence-corrected chi connectivity index (χ2v) is 4.39. The Morgan fingerprint density at radius 1 is 1.31 bits per heavy atom. The standard InChI is InChI=1S/C12H11N3S/c1-13-11-7-16-12(15-11)9-6-14-10-5-3-2-4-8(9)10/h2-7,13-14H,1H3. The molecule has 4 heteroatoms. The fraction of sp³-hybridized carbons (Fsp3) is 0.0833. The van der Waals surface area contributed by atoms with Gasteiger partial charge in [-0.15, -0.1) is 11.3 Å². The molecule has 2 aromatic heterocycles. The lowest BCUT2D eigenvalue weighted by Crippen LogP contribution is -1.86. The van der Waals surface area contributed by atoms with Gasteiger partial charge in [0.25, 0.3) is 0 Å². The van der Waals surface area contributed by atoms with E-state index in [1.54, 1.807) is 11.3 Å². The maximum Gasteiger partial charge on any atom is 0.137 e. The Hall–Kier alpha value is -1.81. The molecule has 2 heterocycles. The summed E-state index contributed by atoms with van der Waals surface area (Å²) in [5.74, 6) is 0.922. The van der Waals surface area contributed by atoms with Crippen LogP contribution < -0.4 is 5.32 Å². The molecule has 0 radical (unpaired) electrons. The number of H-pyrrole nitrogens is 1. The molecule has 0 spiro atoms. The molecule has 3 rings (SSSR count). The van der Waals surface area contributed by atoms with Crippen molar-refractivity contribution in [3.8, 4) is 10.6 Å². The lowest BCUT2D eigenvalue weighted by molar-refractivity contribution is 1.35. The van der Waals surface area contributed by atoms with E-state index in [2.05, 4.69) is 27.4 Å². The Kier molecular flexibility index (Phi) is 2.15. The van der Waals surface area contributed by atoms with E-state index in [0.717, 1.165) is 16.3 Å². The number of nitrogens with zero attached hydrogens (tertiary/aromatic N) is 1. The van der Waals surface area contributed by atoms with Crippen LogP contribution in [0.3, 0.4) is 0 Å². The van der Waals surface area contributed by atoms with Gasteiger partial charge in [-0.3, -0.25) is 0 Å². The molecule has 0 atom stereocenters. The average molecular weight is 229 g/mol. The number of hydrogen-bond acceptors (Lipinski definition) is 3. The van der Waals surface area contributed by atoms with Gasteiger partial charge in [-0.1, -0.05) is 18.2 Å². The summed E-state index contributed by atoms with van der Waals surface area (Å²) in [5, 5.41) is 7.34. The maximum atomic E-state index is 4.51. The molecule has 0 saturated heterocycles. The van der Waals surface area contributed by atoms with E-state index in [4.69, 9.17) is 0 Å². The number of thiazole rings is 1. The molecule has 3 nitrogen and oxygen atoms in total. The van der Waals surface area contributed by atoms with Crippen LogP contribution >= 0.6 is 11.3 Å². The number of para-hydroxylation sites is 1. The van der Waals surface area contributed by atoms with Crippen LogP contribution in [0, 0.1) is 0 Å². The Labute approximate surface area is 97.2 Å². The molecule has 0 bridgehead atoms. The van der Waals surface area contributed by atoms with Gasteiger partial charge < -0.3 is 10.3 Å². The van der Waals surface area contributed by atoms with Crippen LogP contribution in [0.15, 0.2) is 35.8 Å². The summed E-state index contributed by atoms with van der Waals surface area (Å²) in [6.45, 7) is 0. The number of aromatic amines is 1. The van der Waals surface area contributed by atoms with Crippen LogP contribution in [0.2, 0.25) is 0 Å². The normalized spacial score (nSPS) is 10.8. The van der Waals surface area contributed by atoms with Crippen molar-refractivity contribution in [2.24, 2.45) is 0 Å². The zero-order chi connectivity index (χ0) is 11.0. The monoisotopic (exact) mass is 229 g/mol. The number of rotatable bonds is 2. The van der Waals surface area contributed by atoms with Gasteiger partial charge in [-0.2, -0.15) is 0 Å². The Balaban J connectivity index is 2.18. The van der Waals surface area contributed by atoms with Crippen molar-refractivity contribution in [2.75, 3.05) is 12.4 Å². The first kappa shape index (κ1) is 9.42. The van der Waals surface area contributed by atoms with Crippen molar-refractivity contribution in [1.82, 2.24) is 9.97 Å². The van der Waals surface area contributed by atoms with Gasteiger partial charge in [-0.05, 0) is 6.07 Å². The van der Waals surface area contributed by atoms with Crippen LogP contribution in [-0.4, -0.2) is 17.0 Å². The van der Waals surface area contributed by atoms with Crippen LogP contribution in [0.25, 0.3) is 21.5 Å². The topological polar surface area (TPSA) is 40.7 Å². The molecule has 16 heavy (non-hydrogen) atoms. The quantitative estimate of drug-likeness (QED) is 0.707. The third-order valence-corrected chi connectivity index (χ3v) is 3.46. The first-order valence-corrected chi connectivity index (χ1v) is 5.96. The minimum Gasteiger partial charge on any atom is -0.372 e. The van der Waals surface area contributed by atoms with Crippen LogP contribution in [0.4, 0.5) is 5.82 Å². The van der Waals surface area contributed by atoms with E-state index in [-0.39, 0.29) is 0 Å². The highest BCUT2D eigenvalue weighted by atomic mass is 32.1. The van der Waals surface area contributed by atoms with Crippen molar-refractivity contribution in [2.45, 2.75) is 0 Å². The minimum absolute atomic E-state index is 0.922. The predicted molar refractivity (Wildman–Crippen MR) is 69.0 cm³/mol. The van der Waals surface area contributed by atoms with Crippen molar-refractivity contribution in [1.29, 1.82) is 0 Å². The molecule has 0 aliphatic carbocycles. The first-order chi connectivity index (χ1) is 7.88. The van der Waals surface area contributed by atoms with Crippen LogP contribution in [0.1, 0.15) is 0 Å². The average Bonchev–Trinajstić information content (AvgIpc) is 2.94. The van der Waals surface area contributed by atoms with Gasteiger partial charge >= 0.3 is 0 Å². The van der Waals surface area contributed by atoms with E-state index in [9.17, 15) is 0 Å². The van der Waals surface area contributed by atoms with Crippen molar-refractivity contribution in [3.63, 3.8) is 0 Å². The summed E-state index contributed by atoms with van der Waals surface area (Å²) >= 11 is 1.65. The molecular formula is C12H11N3S. The third kappa shape index (κ3) is 1.39. The summed E-state index contributed by atoms with van der Waals surface area (Å²) in [6.07, 6.45) is 2.02. The molecule has 0 fully saturated rings. The van der Waals surface area contributed by atoms with E-state index in [1.807, 2.05) is 30.8 Å². The minimum atomic E-state index is 0.922. The number of fused-ring (bicyclic) bond motifs is 1. The molecule has 0 aliphatic heterocycles. The van der Waals surface area contributed by atoms with Gasteiger partial charge in [0.1, 0.15) is 10.8 Å². The lowest BCUT2D eigenvalue weighted by Gasteiger charge is -1.93. The summed E-state index contributed by atoms with van der Waals surface area (Å²) in [4.78, 5) is 7.77. The summed E-state index contributed by atoms with van der Waals surface area (Å²) in [6, 6.07) is 8.27. The molecule has 0 amide bonds. The Bertz CT molecular complexity index is 624. The molecule has 2 N–H and O–H groups in total. The van der Waals surface area contributed by atoms with E-state index < -0.39 is 0 Å².